The molecule has 0 heterocycles. The van der Waals surface area contributed by atoms with E-state index in [2.05, 4.69) is 30.4 Å². The van der Waals surface area contributed by atoms with Crippen LogP contribution in [-0.2, 0) is 0 Å². The highest BCUT2D eigenvalue weighted by molar-refractivity contribution is 5.48. The summed E-state index contributed by atoms with van der Waals surface area (Å²) in [6.45, 7) is 2.69. The van der Waals surface area contributed by atoms with E-state index in [9.17, 15) is 0 Å². The van der Waals surface area contributed by atoms with Crippen LogP contribution in [0.2, 0.25) is 0 Å². The molecule has 0 fully saturated rings. The van der Waals surface area contributed by atoms with E-state index < -0.39 is 0 Å². The molecule has 0 bridgehead atoms. The molecular formula is C13H16N2. The summed E-state index contributed by atoms with van der Waals surface area (Å²) in [6.07, 6.45) is 4.14. The second-order valence-electron chi connectivity index (χ2n) is 3.56. The van der Waals surface area contributed by atoms with E-state index in [1.807, 2.05) is 37.1 Å². The van der Waals surface area contributed by atoms with Crippen molar-refractivity contribution in [2.24, 2.45) is 0 Å². The largest absolute Gasteiger partial charge is 0.288 e. The van der Waals surface area contributed by atoms with Crippen molar-refractivity contribution in [3.05, 3.63) is 42.0 Å². The van der Waals surface area contributed by atoms with Gasteiger partial charge in [-0.1, -0.05) is 42.5 Å². The summed E-state index contributed by atoms with van der Waals surface area (Å²) >= 11 is 0. The zero-order valence-corrected chi connectivity index (χ0v) is 9.22. The predicted octanol–water partition coefficient (Wildman–Crippen LogP) is 2.54. The highest BCUT2D eigenvalue weighted by Gasteiger charge is 2.03. The topological polar surface area (TPSA) is 27.0 Å². The Morgan fingerprint density at radius 3 is 2.67 bits per heavy atom. The number of rotatable bonds is 4. The van der Waals surface area contributed by atoms with E-state index >= 15 is 0 Å². The Balaban J connectivity index is 2.44. The summed E-state index contributed by atoms with van der Waals surface area (Å²) in [4.78, 5) is 2.00. The summed E-state index contributed by atoms with van der Waals surface area (Å²) in [5.74, 6) is 0. The van der Waals surface area contributed by atoms with Crippen LogP contribution in [0.3, 0.4) is 0 Å². The van der Waals surface area contributed by atoms with E-state index in [1.54, 1.807) is 0 Å². The summed E-state index contributed by atoms with van der Waals surface area (Å²) < 4.78 is 0. The molecule has 1 atom stereocenters. The molecule has 0 aliphatic heterocycles. The van der Waals surface area contributed by atoms with Gasteiger partial charge in [0, 0.05) is 6.54 Å². The average Bonchev–Trinajstić information content (AvgIpc) is 2.29. The van der Waals surface area contributed by atoms with Gasteiger partial charge in [-0.25, -0.2) is 0 Å². The molecule has 1 rings (SSSR count). The van der Waals surface area contributed by atoms with Crippen molar-refractivity contribution in [2.75, 3.05) is 13.6 Å². The van der Waals surface area contributed by atoms with E-state index in [-0.39, 0.29) is 6.04 Å². The zero-order chi connectivity index (χ0) is 11.1. The third-order valence-electron chi connectivity index (χ3n) is 2.35. The molecule has 2 nitrogen and oxygen atoms in total. The molecule has 0 saturated heterocycles. The Kier molecular flexibility index (Phi) is 4.59. The number of nitrogens with zero attached hydrogens (tertiary/aromatic N) is 2. The maximum absolute atomic E-state index is 8.71. The fourth-order valence-electron chi connectivity index (χ4n) is 1.18. The molecular weight excluding hydrogens is 184 g/mol. The highest BCUT2D eigenvalue weighted by atomic mass is 15.1. The fraction of sp³-hybridized carbons (Fsp3) is 0.308. The molecule has 1 unspecified atom stereocenters. The maximum Gasteiger partial charge on any atom is 0.0949 e. The van der Waals surface area contributed by atoms with Gasteiger partial charge in [0.15, 0.2) is 0 Å². The molecule has 0 N–H and O–H groups in total. The van der Waals surface area contributed by atoms with Gasteiger partial charge in [0.05, 0.1) is 12.1 Å². The van der Waals surface area contributed by atoms with Crippen molar-refractivity contribution in [3.63, 3.8) is 0 Å². The standard InChI is InChI=1S/C13H16N2/c1-12(11-14)15(2)10-6-9-13-7-4-3-5-8-13/h3-9,12H,10H2,1-2H3. The molecule has 1 aromatic carbocycles. The number of likely N-dealkylation sites (N-methyl/N-ethyl adjacent to an activating group) is 1. The number of hydrogen-bond acceptors (Lipinski definition) is 2. The normalized spacial score (nSPS) is 12.9. The van der Waals surface area contributed by atoms with Gasteiger partial charge < -0.3 is 0 Å². The molecule has 15 heavy (non-hydrogen) atoms. The van der Waals surface area contributed by atoms with Gasteiger partial charge >= 0.3 is 0 Å². The van der Waals surface area contributed by atoms with Gasteiger partial charge in [-0.15, -0.1) is 0 Å². The van der Waals surface area contributed by atoms with Crippen LogP contribution in [0.15, 0.2) is 36.4 Å². The van der Waals surface area contributed by atoms with Crippen LogP contribution in [-0.4, -0.2) is 24.5 Å². The van der Waals surface area contributed by atoms with E-state index in [4.69, 9.17) is 5.26 Å². The number of hydrogen-bond donors (Lipinski definition) is 0. The van der Waals surface area contributed by atoms with E-state index in [0.29, 0.717) is 0 Å². The lowest BCUT2D eigenvalue weighted by Crippen LogP contribution is -2.27. The summed E-state index contributed by atoms with van der Waals surface area (Å²) in [7, 11) is 1.95. The first-order valence-corrected chi connectivity index (χ1v) is 5.05. The van der Waals surface area contributed by atoms with Gasteiger partial charge in [-0.3, -0.25) is 4.90 Å². The Morgan fingerprint density at radius 1 is 1.40 bits per heavy atom. The molecule has 0 aromatic heterocycles. The Morgan fingerprint density at radius 2 is 2.07 bits per heavy atom. The van der Waals surface area contributed by atoms with Crippen LogP contribution >= 0.6 is 0 Å². The van der Waals surface area contributed by atoms with Gasteiger partial charge in [-0.05, 0) is 19.5 Å². The fourth-order valence-corrected chi connectivity index (χ4v) is 1.18. The van der Waals surface area contributed by atoms with E-state index in [1.165, 1.54) is 5.56 Å². The first-order chi connectivity index (χ1) is 7.24. The summed E-state index contributed by atoms with van der Waals surface area (Å²) in [5, 5.41) is 8.71. The second kappa shape index (κ2) is 6.00. The third-order valence-corrected chi connectivity index (χ3v) is 2.35. The van der Waals surface area contributed by atoms with Crippen molar-refractivity contribution in [2.45, 2.75) is 13.0 Å². The van der Waals surface area contributed by atoms with Crippen molar-refractivity contribution in [3.8, 4) is 6.07 Å². The van der Waals surface area contributed by atoms with Gasteiger partial charge in [0.2, 0.25) is 0 Å². The molecule has 0 amide bonds. The molecule has 0 aliphatic rings. The van der Waals surface area contributed by atoms with Crippen molar-refractivity contribution in [1.29, 1.82) is 5.26 Å². The average molecular weight is 200 g/mol. The molecule has 0 saturated carbocycles. The van der Waals surface area contributed by atoms with Crippen molar-refractivity contribution in [1.82, 2.24) is 4.90 Å². The number of nitriles is 1. The van der Waals surface area contributed by atoms with Gasteiger partial charge in [0.1, 0.15) is 0 Å². The Hall–Kier alpha value is -1.59. The lowest BCUT2D eigenvalue weighted by molar-refractivity contribution is 0.336. The quantitative estimate of drug-likeness (QED) is 0.746. The lowest BCUT2D eigenvalue weighted by Gasteiger charge is -2.15. The first kappa shape index (κ1) is 11.5. The monoisotopic (exact) mass is 200 g/mol. The van der Waals surface area contributed by atoms with Crippen LogP contribution in [0, 0.1) is 11.3 Å². The minimum atomic E-state index is -0.0366. The predicted molar refractivity (Wildman–Crippen MR) is 63.2 cm³/mol. The Labute approximate surface area is 91.4 Å². The maximum atomic E-state index is 8.71. The van der Waals surface area contributed by atoms with Gasteiger partial charge in [0.25, 0.3) is 0 Å². The second-order valence-corrected chi connectivity index (χ2v) is 3.56. The first-order valence-electron chi connectivity index (χ1n) is 5.05. The van der Waals surface area contributed by atoms with E-state index in [0.717, 1.165) is 6.54 Å². The molecule has 1 aromatic rings. The van der Waals surface area contributed by atoms with Crippen LogP contribution in [0.25, 0.3) is 6.08 Å². The molecule has 78 valence electrons. The van der Waals surface area contributed by atoms with Crippen LogP contribution < -0.4 is 0 Å². The van der Waals surface area contributed by atoms with Gasteiger partial charge in [-0.2, -0.15) is 5.26 Å². The zero-order valence-electron chi connectivity index (χ0n) is 9.22. The van der Waals surface area contributed by atoms with Crippen LogP contribution in [0.4, 0.5) is 0 Å². The minimum absolute atomic E-state index is 0.0366. The molecule has 2 heteroatoms. The molecule has 0 aliphatic carbocycles. The van der Waals surface area contributed by atoms with Crippen LogP contribution in [0.1, 0.15) is 12.5 Å². The molecule has 0 radical (unpaired) electrons. The van der Waals surface area contributed by atoms with Crippen molar-refractivity contribution < 1.29 is 0 Å². The van der Waals surface area contributed by atoms with Crippen LogP contribution in [0.5, 0.6) is 0 Å². The summed E-state index contributed by atoms with van der Waals surface area (Å²) in [6, 6.07) is 12.3. The lowest BCUT2D eigenvalue weighted by atomic mass is 10.2. The highest BCUT2D eigenvalue weighted by Crippen LogP contribution is 2.01. The molecule has 0 spiro atoms. The van der Waals surface area contributed by atoms with Crippen molar-refractivity contribution >= 4 is 6.08 Å². The minimum Gasteiger partial charge on any atom is -0.288 e. The third kappa shape index (κ3) is 3.97. The smallest absolute Gasteiger partial charge is 0.0949 e. The number of benzene rings is 1. The summed E-state index contributed by atoms with van der Waals surface area (Å²) in [5.41, 5.74) is 1.19. The SMILES string of the molecule is CC(C#N)N(C)CC=Cc1ccccc1. The Bertz CT molecular complexity index is 349.